The Hall–Kier alpha value is -2.46. The summed E-state index contributed by atoms with van der Waals surface area (Å²) in [5.41, 5.74) is 0.641. The van der Waals surface area contributed by atoms with Crippen molar-refractivity contribution < 1.29 is 28.9 Å². The van der Waals surface area contributed by atoms with E-state index in [-0.39, 0.29) is 35.9 Å². The normalized spacial score (nSPS) is 24.1. The van der Waals surface area contributed by atoms with Gasteiger partial charge in [-0.25, -0.2) is 4.79 Å². The van der Waals surface area contributed by atoms with Gasteiger partial charge in [-0.05, 0) is 80.7 Å². The van der Waals surface area contributed by atoms with Crippen LogP contribution in [0.25, 0.3) is 0 Å². The van der Waals surface area contributed by atoms with Crippen molar-refractivity contribution in [2.24, 2.45) is 10.8 Å². The number of amides is 1. The van der Waals surface area contributed by atoms with Crippen molar-refractivity contribution in [1.82, 2.24) is 15.5 Å². The summed E-state index contributed by atoms with van der Waals surface area (Å²) < 4.78 is 16.6. The molecule has 1 aromatic rings. The van der Waals surface area contributed by atoms with Crippen LogP contribution in [0, 0.1) is 10.8 Å². The number of nitrogens with one attached hydrogen (secondary N) is 2. The predicted octanol–water partition coefficient (Wildman–Crippen LogP) is 4.15. The number of aliphatic hydroxyl groups excluding tert-OH is 1. The van der Waals surface area contributed by atoms with E-state index in [1.807, 2.05) is 13.8 Å². The Morgan fingerprint density at radius 1 is 1.15 bits per heavy atom. The van der Waals surface area contributed by atoms with E-state index in [4.69, 9.17) is 14.2 Å². The van der Waals surface area contributed by atoms with Crippen LogP contribution in [0.2, 0.25) is 0 Å². The summed E-state index contributed by atoms with van der Waals surface area (Å²) in [4.78, 5) is 27.8. The molecule has 1 saturated carbocycles. The summed E-state index contributed by atoms with van der Waals surface area (Å²) >= 11 is 0. The summed E-state index contributed by atoms with van der Waals surface area (Å²) in [6.45, 7) is 19.8. The lowest BCUT2D eigenvalue weighted by molar-refractivity contribution is -0.00430. The van der Waals surface area contributed by atoms with Gasteiger partial charge in [0, 0.05) is 31.2 Å². The number of hydrogen-bond donors (Lipinski definition) is 3. The molecule has 1 amide bonds. The molecule has 3 rings (SSSR count). The van der Waals surface area contributed by atoms with Gasteiger partial charge in [0.25, 0.3) is 0 Å². The molecule has 2 fully saturated rings. The molecule has 1 aromatic carbocycles. The first-order chi connectivity index (χ1) is 18.7. The number of alkyl carbamates (subject to hydrolysis) is 1. The molecule has 1 heterocycles. The van der Waals surface area contributed by atoms with Gasteiger partial charge < -0.3 is 24.6 Å². The summed E-state index contributed by atoms with van der Waals surface area (Å²) in [5, 5.41) is 16.3. The number of ketones is 1. The van der Waals surface area contributed by atoms with E-state index >= 15 is 0 Å². The van der Waals surface area contributed by atoms with Crippen LogP contribution < -0.4 is 15.4 Å². The summed E-state index contributed by atoms with van der Waals surface area (Å²) in [7, 11) is 0. The molecule has 3 atom stereocenters. The molecule has 0 bridgehead atoms. The number of hydrogen-bond acceptors (Lipinski definition) is 8. The third-order valence-electron chi connectivity index (χ3n) is 8.01. The van der Waals surface area contributed by atoms with Crippen molar-refractivity contribution in [1.29, 1.82) is 0 Å². The number of nitrogens with zero attached hydrogens (tertiary/aromatic N) is 1. The minimum absolute atomic E-state index is 0.0299. The lowest BCUT2D eigenvalue weighted by atomic mass is 9.62. The van der Waals surface area contributed by atoms with Gasteiger partial charge in [0.05, 0.1) is 18.8 Å². The van der Waals surface area contributed by atoms with Gasteiger partial charge in [0.1, 0.15) is 25.2 Å². The topological polar surface area (TPSA) is 109 Å². The van der Waals surface area contributed by atoms with Gasteiger partial charge in [0.15, 0.2) is 5.78 Å². The summed E-state index contributed by atoms with van der Waals surface area (Å²) in [6.07, 6.45) is 1.41. The number of rotatable bonds is 12. The summed E-state index contributed by atoms with van der Waals surface area (Å²) in [5.74, 6) is 0.671. The molecule has 0 spiro atoms. The highest BCUT2D eigenvalue weighted by atomic mass is 16.6. The van der Waals surface area contributed by atoms with Crippen molar-refractivity contribution in [3.63, 3.8) is 0 Å². The number of ether oxygens (including phenoxy) is 3. The van der Waals surface area contributed by atoms with E-state index in [2.05, 4.69) is 42.9 Å². The summed E-state index contributed by atoms with van der Waals surface area (Å²) in [6, 6.07) is 7.07. The van der Waals surface area contributed by atoms with E-state index < -0.39 is 17.9 Å². The van der Waals surface area contributed by atoms with E-state index in [0.29, 0.717) is 36.6 Å². The molecule has 1 aliphatic heterocycles. The fourth-order valence-corrected chi connectivity index (χ4v) is 6.21. The monoisotopic (exact) mass is 559 g/mol. The Kier molecular flexibility index (Phi) is 10.8. The number of benzene rings is 1. The maximum Gasteiger partial charge on any atom is 0.407 e. The fourth-order valence-electron chi connectivity index (χ4n) is 6.21. The standard InChI is InChI=1S/C31H49N3O6/c1-22(2)27(36)32-21-31(7)19-24(18-29(3,4)20-31)33-28(37)40-17-16-39-25-10-8-23(9-11-25)26(35)30(5,6)34-12-14-38-15-13-34/h8-11,24,27,32,36H,1,12-21H2,2-7H3,(H,33,37). The van der Waals surface area contributed by atoms with Gasteiger partial charge in [0.2, 0.25) is 0 Å². The molecule has 40 heavy (non-hydrogen) atoms. The minimum Gasteiger partial charge on any atom is -0.490 e. The molecule has 0 radical (unpaired) electrons. The molecule has 9 heteroatoms. The molecular weight excluding hydrogens is 510 g/mol. The maximum atomic E-state index is 13.1. The van der Waals surface area contributed by atoms with Gasteiger partial charge in [-0.2, -0.15) is 0 Å². The number of aliphatic hydroxyl groups is 1. The van der Waals surface area contributed by atoms with E-state index in [0.717, 1.165) is 32.4 Å². The predicted molar refractivity (Wildman–Crippen MR) is 156 cm³/mol. The average molecular weight is 560 g/mol. The van der Waals surface area contributed by atoms with Crippen LogP contribution >= 0.6 is 0 Å². The molecule has 2 aliphatic rings. The Labute approximate surface area is 239 Å². The Morgan fingerprint density at radius 3 is 2.42 bits per heavy atom. The SMILES string of the molecule is C=C(C)C(O)NCC1(C)CC(NC(=O)OCCOc2ccc(C(=O)C(C)(C)N3CCOCC3)cc2)CC(C)(C)C1. The maximum absolute atomic E-state index is 13.1. The number of Topliss-reactive ketones (excluding diaryl/α,β-unsaturated/α-hetero) is 1. The molecule has 1 aliphatic carbocycles. The lowest BCUT2D eigenvalue weighted by Gasteiger charge is -2.47. The van der Waals surface area contributed by atoms with E-state index in [9.17, 15) is 14.7 Å². The molecule has 224 valence electrons. The zero-order chi connectivity index (χ0) is 29.6. The minimum atomic E-state index is -0.739. The second kappa shape index (κ2) is 13.5. The first kappa shape index (κ1) is 32.1. The van der Waals surface area contributed by atoms with Crippen LogP contribution in [0.4, 0.5) is 4.79 Å². The van der Waals surface area contributed by atoms with Crippen LogP contribution in [0.5, 0.6) is 5.75 Å². The highest BCUT2D eigenvalue weighted by molar-refractivity contribution is 6.02. The average Bonchev–Trinajstić information content (AvgIpc) is 2.89. The van der Waals surface area contributed by atoms with Crippen LogP contribution in [-0.4, -0.2) is 85.8 Å². The van der Waals surface area contributed by atoms with Crippen LogP contribution in [0.15, 0.2) is 36.4 Å². The van der Waals surface area contributed by atoms with E-state index in [1.54, 1.807) is 31.2 Å². The largest absolute Gasteiger partial charge is 0.490 e. The lowest BCUT2D eigenvalue weighted by Crippen LogP contribution is -2.54. The number of carbonyl (C=O) groups excluding carboxylic acids is 2. The Balaban J connectivity index is 1.43. The van der Waals surface area contributed by atoms with Gasteiger partial charge in [-0.1, -0.05) is 27.4 Å². The van der Waals surface area contributed by atoms with Crippen molar-refractivity contribution >= 4 is 11.9 Å². The molecule has 9 nitrogen and oxygen atoms in total. The Bertz CT molecular complexity index is 1020. The van der Waals surface area contributed by atoms with Crippen molar-refractivity contribution in [2.45, 2.75) is 78.6 Å². The molecule has 1 saturated heterocycles. The van der Waals surface area contributed by atoms with Crippen LogP contribution in [-0.2, 0) is 9.47 Å². The zero-order valence-electron chi connectivity index (χ0n) is 25.2. The fraction of sp³-hybridized carbons (Fsp3) is 0.677. The zero-order valence-corrected chi connectivity index (χ0v) is 25.2. The van der Waals surface area contributed by atoms with Crippen molar-refractivity contribution in [3.05, 3.63) is 42.0 Å². The quantitative estimate of drug-likeness (QED) is 0.152. The second-order valence-electron chi connectivity index (χ2n) is 13.0. The number of morpholine rings is 1. The number of carbonyl (C=O) groups is 2. The van der Waals surface area contributed by atoms with E-state index in [1.165, 1.54) is 0 Å². The highest BCUT2D eigenvalue weighted by Crippen LogP contribution is 2.45. The van der Waals surface area contributed by atoms with Gasteiger partial charge >= 0.3 is 6.09 Å². The molecular formula is C31H49N3O6. The molecule has 3 N–H and O–H groups in total. The first-order valence-corrected chi connectivity index (χ1v) is 14.3. The third-order valence-corrected chi connectivity index (χ3v) is 8.01. The second-order valence-corrected chi connectivity index (χ2v) is 13.0. The highest BCUT2D eigenvalue weighted by Gasteiger charge is 2.42. The Morgan fingerprint density at radius 2 is 1.80 bits per heavy atom. The smallest absolute Gasteiger partial charge is 0.407 e. The van der Waals surface area contributed by atoms with Gasteiger partial charge in [-0.3, -0.25) is 15.0 Å². The van der Waals surface area contributed by atoms with Crippen LogP contribution in [0.3, 0.4) is 0 Å². The van der Waals surface area contributed by atoms with Crippen LogP contribution in [0.1, 0.15) is 71.2 Å². The van der Waals surface area contributed by atoms with Gasteiger partial charge in [-0.15, -0.1) is 0 Å². The third kappa shape index (κ3) is 9.03. The molecule has 0 aromatic heterocycles. The molecule has 3 unspecified atom stereocenters. The van der Waals surface area contributed by atoms with Crippen molar-refractivity contribution in [2.75, 3.05) is 46.1 Å². The van der Waals surface area contributed by atoms with Crippen molar-refractivity contribution in [3.8, 4) is 5.75 Å². The first-order valence-electron chi connectivity index (χ1n) is 14.3.